The highest BCUT2D eigenvalue weighted by atomic mass is 16.7. The van der Waals surface area contributed by atoms with Crippen molar-refractivity contribution in [2.24, 2.45) is 10.7 Å². The maximum absolute atomic E-state index is 13.5. The van der Waals surface area contributed by atoms with E-state index in [0.29, 0.717) is 41.3 Å². The molecule has 2 aromatic heterocycles. The van der Waals surface area contributed by atoms with Crippen molar-refractivity contribution >= 4 is 41.7 Å². The van der Waals surface area contributed by atoms with Gasteiger partial charge in [-0.05, 0) is 62.1 Å². The fourth-order valence-corrected chi connectivity index (χ4v) is 3.96. The molecule has 0 saturated carbocycles. The summed E-state index contributed by atoms with van der Waals surface area (Å²) in [6.45, 7) is 7.26. The van der Waals surface area contributed by atoms with Gasteiger partial charge in [-0.15, -0.1) is 4.99 Å². The smallest absolute Gasteiger partial charge is 0.419 e. The lowest BCUT2D eigenvalue weighted by molar-refractivity contribution is -0.309. The Bertz CT molecular complexity index is 1510. The highest BCUT2D eigenvalue weighted by Gasteiger charge is 2.28. The highest BCUT2D eigenvalue weighted by Crippen LogP contribution is 2.22. The van der Waals surface area contributed by atoms with Crippen LogP contribution in [0.2, 0.25) is 0 Å². The van der Waals surface area contributed by atoms with Gasteiger partial charge in [0.15, 0.2) is 6.34 Å². The fourth-order valence-electron chi connectivity index (χ4n) is 3.96. The fraction of sp³-hybridized carbons (Fsp3) is 0.300. The number of amidine groups is 1. The van der Waals surface area contributed by atoms with E-state index in [1.165, 1.54) is 31.0 Å². The van der Waals surface area contributed by atoms with Gasteiger partial charge in [-0.3, -0.25) is 14.6 Å². The lowest BCUT2D eigenvalue weighted by atomic mass is 10.1. The van der Waals surface area contributed by atoms with Crippen LogP contribution in [0.4, 0.5) is 10.5 Å². The van der Waals surface area contributed by atoms with Gasteiger partial charge >= 0.3 is 12.1 Å². The number of amides is 3. The van der Waals surface area contributed by atoms with Gasteiger partial charge in [0, 0.05) is 37.2 Å². The molecule has 0 unspecified atom stereocenters. The predicted octanol–water partition coefficient (Wildman–Crippen LogP) is 2.12. The second-order valence-corrected chi connectivity index (χ2v) is 9.39. The van der Waals surface area contributed by atoms with Gasteiger partial charge in [-0.1, -0.05) is 19.9 Å². The normalized spacial score (nSPS) is 11.3. The van der Waals surface area contributed by atoms with E-state index in [0.717, 1.165) is 16.9 Å². The van der Waals surface area contributed by atoms with Crippen LogP contribution in [-0.4, -0.2) is 70.8 Å². The van der Waals surface area contributed by atoms with Crippen molar-refractivity contribution in [1.29, 1.82) is 0 Å². The number of hydrogen-bond donors (Lipinski definition) is 4. The van der Waals surface area contributed by atoms with E-state index < -0.39 is 24.8 Å². The molecule has 3 aromatic rings. The van der Waals surface area contributed by atoms with Gasteiger partial charge in [-0.25, -0.2) is 19.5 Å². The summed E-state index contributed by atoms with van der Waals surface area (Å²) < 4.78 is 10.1. The van der Waals surface area contributed by atoms with Crippen LogP contribution >= 0.6 is 0 Å². The number of aryl methyl sites for hydroxylation is 1. The molecule has 0 aliphatic heterocycles. The van der Waals surface area contributed by atoms with Crippen molar-refractivity contribution in [3.63, 3.8) is 0 Å². The number of aromatic nitrogens is 2. The Labute approximate surface area is 249 Å². The number of pyridine rings is 1. The molecular formula is C30H36N7O6+. The topological polar surface area (TPSA) is 183 Å². The van der Waals surface area contributed by atoms with Crippen molar-refractivity contribution in [1.82, 2.24) is 20.2 Å². The largest absolute Gasteiger partial charge is 0.424 e. The van der Waals surface area contributed by atoms with Crippen molar-refractivity contribution < 1.29 is 33.6 Å². The zero-order chi connectivity index (χ0) is 31.4. The Kier molecular flexibility index (Phi) is 11.7. The molecule has 0 atom stereocenters. The summed E-state index contributed by atoms with van der Waals surface area (Å²) in [5, 5.41) is 2.84. The second-order valence-electron chi connectivity index (χ2n) is 9.39. The molecule has 0 saturated heterocycles. The Balaban J connectivity index is 1.82. The molecule has 5 N–H and O–H groups in total. The predicted molar refractivity (Wildman–Crippen MR) is 159 cm³/mol. The van der Waals surface area contributed by atoms with Crippen LogP contribution in [-0.2, 0) is 9.47 Å². The van der Waals surface area contributed by atoms with Crippen LogP contribution in [0.25, 0.3) is 0 Å². The lowest BCUT2D eigenvalue weighted by Gasteiger charge is -2.19. The molecule has 3 amide bonds. The van der Waals surface area contributed by atoms with Crippen LogP contribution in [0.5, 0.6) is 0 Å². The van der Waals surface area contributed by atoms with E-state index in [9.17, 15) is 19.2 Å². The lowest BCUT2D eigenvalue weighted by Crippen LogP contribution is -2.75. The number of ether oxygens (including phenoxy) is 2. The van der Waals surface area contributed by atoms with Gasteiger partial charge in [0.2, 0.25) is 6.79 Å². The average Bonchev–Trinajstić information content (AvgIpc) is 3.40. The summed E-state index contributed by atoms with van der Waals surface area (Å²) in [6.07, 6.45) is 5.78. The summed E-state index contributed by atoms with van der Waals surface area (Å²) in [4.78, 5) is 66.3. The summed E-state index contributed by atoms with van der Waals surface area (Å²) in [6, 6.07) is 8.26. The number of hydrogen-bond acceptors (Lipinski definition) is 8. The van der Waals surface area contributed by atoms with Gasteiger partial charge in [-0.2, -0.15) is 0 Å². The molecule has 13 nitrogen and oxygen atoms in total. The Morgan fingerprint density at radius 1 is 1.12 bits per heavy atom. The van der Waals surface area contributed by atoms with Crippen molar-refractivity contribution in [3.05, 3.63) is 82.4 Å². The number of esters is 1. The minimum atomic E-state index is -0.968. The Hall–Kier alpha value is -5.33. The van der Waals surface area contributed by atoms with Crippen molar-refractivity contribution in [2.45, 2.75) is 40.5 Å². The molecule has 13 heteroatoms. The van der Waals surface area contributed by atoms with Gasteiger partial charge < -0.3 is 25.5 Å². The molecule has 0 fully saturated rings. The molecule has 43 heavy (non-hydrogen) atoms. The number of aromatic amines is 1. The van der Waals surface area contributed by atoms with Gasteiger partial charge in [0.1, 0.15) is 11.4 Å². The van der Waals surface area contributed by atoms with Crippen LogP contribution < -0.4 is 16.0 Å². The first-order chi connectivity index (χ1) is 20.7. The summed E-state index contributed by atoms with van der Waals surface area (Å²) in [5.74, 6) is -1.26. The van der Waals surface area contributed by atoms with E-state index in [-0.39, 0.29) is 23.6 Å². The van der Waals surface area contributed by atoms with Crippen molar-refractivity contribution in [2.75, 3.05) is 19.9 Å². The van der Waals surface area contributed by atoms with E-state index in [1.807, 2.05) is 13.8 Å². The van der Waals surface area contributed by atoms with Gasteiger partial charge in [0.05, 0.1) is 11.1 Å². The summed E-state index contributed by atoms with van der Waals surface area (Å²) >= 11 is 0. The number of benzene rings is 1. The number of nitrogens with one attached hydrogen (secondary N) is 3. The molecule has 0 bridgehead atoms. The average molecular weight is 591 g/mol. The van der Waals surface area contributed by atoms with E-state index >= 15 is 0 Å². The van der Waals surface area contributed by atoms with Crippen LogP contribution in [0.15, 0.2) is 53.9 Å². The molecular weight excluding hydrogens is 554 g/mol. The molecule has 226 valence electrons. The third kappa shape index (κ3) is 8.35. The number of carbonyl (C=O) groups excluding carboxylic acids is 4. The second kappa shape index (κ2) is 15.6. The third-order valence-electron chi connectivity index (χ3n) is 6.25. The molecule has 0 aliphatic carbocycles. The Morgan fingerprint density at radius 2 is 1.91 bits per heavy atom. The summed E-state index contributed by atoms with van der Waals surface area (Å²) in [5.41, 5.74) is 8.78. The minimum Gasteiger partial charge on any atom is -0.424 e. The van der Waals surface area contributed by atoms with E-state index in [4.69, 9.17) is 15.2 Å². The molecule has 2 heterocycles. The van der Waals surface area contributed by atoms with Crippen LogP contribution in [0, 0.1) is 13.8 Å². The molecule has 1 aromatic carbocycles. The molecule has 0 spiro atoms. The number of carbonyl (C=O) groups is 4. The first-order valence-electron chi connectivity index (χ1n) is 13.7. The highest BCUT2D eigenvalue weighted by molar-refractivity contribution is 6.06. The maximum atomic E-state index is 13.5. The van der Waals surface area contributed by atoms with Crippen molar-refractivity contribution in [3.8, 4) is 0 Å². The maximum Gasteiger partial charge on any atom is 0.419 e. The minimum absolute atomic E-state index is 0.0655. The monoisotopic (exact) mass is 590 g/mol. The van der Waals surface area contributed by atoms with Gasteiger partial charge in [0.25, 0.3) is 17.6 Å². The molecule has 0 radical (unpaired) electrons. The number of aliphatic imine (C=N–C) groups is 1. The van der Waals surface area contributed by atoms with Crippen LogP contribution in [0.1, 0.15) is 74.6 Å². The number of rotatable bonds is 11. The summed E-state index contributed by atoms with van der Waals surface area (Å²) in [7, 11) is 0. The zero-order valence-electron chi connectivity index (χ0n) is 24.6. The zero-order valence-corrected chi connectivity index (χ0v) is 24.6. The van der Waals surface area contributed by atoms with E-state index in [2.05, 4.69) is 25.3 Å². The first-order valence-corrected chi connectivity index (χ1v) is 13.7. The SMILES string of the molecule is CCCNC(=O)c1ccc(C)c(N=C([NH+]=CN)c2[nH]cc(C(=O)N(CCC)C(=O)OCOC(=O)c3cccnc3)c2C)c1. The molecule has 0 aliphatic rings. The number of imide groups is 1. The number of nitrogens with zero attached hydrogens (tertiary/aromatic N) is 3. The Morgan fingerprint density at radius 3 is 2.58 bits per heavy atom. The van der Waals surface area contributed by atoms with Crippen LogP contribution in [0.3, 0.4) is 0 Å². The third-order valence-corrected chi connectivity index (χ3v) is 6.25. The van der Waals surface area contributed by atoms with E-state index in [1.54, 1.807) is 38.1 Å². The number of H-pyrrole nitrogens is 1. The number of nitrogens with two attached hydrogens (primary N) is 1. The quantitative estimate of drug-likeness (QED) is 0.113. The first kappa shape index (κ1) is 32.2. The molecule has 3 rings (SSSR count). The standard InChI is InChI=1S/C30H35N7O6/c1-5-11-33-27(38)21-10-9-19(3)24(14-21)36-26(35-17-31)25-20(4)23(16-34-25)28(39)37(13-6-2)30(41)43-18-42-29(40)22-8-7-12-32-15-22/h7-10,12,14-17,34H,5-6,11,13,18H2,1-4H3,(H,33,38)(H2,31,35,36)/p+1.